The van der Waals surface area contributed by atoms with E-state index in [2.05, 4.69) is 10.8 Å². The average Bonchev–Trinajstić information content (AvgIpc) is 2.98. The van der Waals surface area contributed by atoms with E-state index in [4.69, 9.17) is 44.5 Å². The van der Waals surface area contributed by atoms with Crippen molar-refractivity contribution in [3.8, 4) is 23.8 Å². The van der Waals surface area contributed by atoms with Crippen LogP contribution in [0.2, 0.25) is 5.02 Å². The van der Waals surface area contributed by atoms with E-state index in [-0.39, 0.29) is 12.5 Å². The number of morpholine rings is 1. The van der Waals surface area contributed by atoms with E-state index in [1.807, 2.05) is 0 Å². The number of halogens is 1. The summed E-state index contributed by atoms with van der Waals surface area (Å²) in [6, 6.07) is 3.45. The van der Waals surface area contributed by atoms with Crippen molar-refractivity contribution in [1.29, 1.82) is 0 Å². The van der Waals surface area contributed by atoms with Crippen LogP contribution in [0.1, 0.15) is 5.56 Å². The van der Waals surface area contributed by atoms with Gasteiger partial charge in [-0.2, -0.15) is 0 Å². The molecule has 3 rings (SSSR count). The van der Waals surface area contributed by atoms with Gasteiger partial charge in [-0.1, -0.05) is 41.5 Å². The number of benzene rings is 1. The van der Waals surface area contributed by atoms with E-state index in [0.29, 0.717) is 37.9 Å². The number of ether oxygens (including phenoxy) is 3. The summed E-state index contributed by atoms with van der Waals surface area (Å²) < 4.78 is 16.7. The van der Waals surface area contributed by atoms with E-state index in [0.717, 1.165) is 32.8 Å². The predicted octanol–water partition coefficient (Wildman–Crippen LogP) is 2.89. The molecule has 0 radical (unpaired) electrons. The molecule has 2 aliphatic rings. The molecule has 6 nitrogen and oxygen atoms in total. The van der Waals surface area contributed by atoms with Crippen molar-refractivity contribution in [2.45, 2.75) is 0 Å². The molecule has 0 N–H and O–H groups in total. The van der Waals surface area contributed by atoms with Crippen LogP contribution in [-0.4, -0.2) is 73.1 Å². The van der Waals surface area contributed by atoms with Gasteiger partial charge in [0.1, 0.15) is 10.9 Å². The van der Waals surface area contributed by atoms with E-state index in [1.165, 1.54) is 18.9 Å². The maximum atomic E-state index is 12.8. The highest BCUT2D eigenvalue weighted by Gasteiger charge is 2.32. The number of terminal acetylenes is 1. The zero-order valence-electron chi connectivity index (χ0n) is 16.0. The van der Waals surface area contributed by atoms with E-state index >= 15 is 0 Å². The Hall–Kier alpha value is -1.76. The van der Waals surface area contributed by atoms with Crippen LogP contribution < -0.4 is 9.47 Å². The van der Waals surface area contributed by atoms with Gasteiger partial charge in [-0.25, -0.2) is 0 Å². The Bertz CT molecular complexity index is 863. The van der Waals surface area contributed by atoms with Crippen molar-refractivity contribution in [3.63, 3.8) is 0 Å². The number of thiocarbonyl (C=S) groups is 1. The average molecular weight is 453 g/mol. The third-order valence-electron chi connectivity index (χ3n) is 4.47. The molecular formula is C20H21ClN2O4S2. The highest BCUT2D eigenvalue weighted by atomic mass is 35.5. The summed E-state index contributed by atoms with van der Waals surface area (Å²) in [4.78, 5) is 17.3. The van der Waals surface area contributed by atoms with Crippen molar-refractivity contribution in [2.75, 3.05) is 53.1 Å². The molecule has 0 bridgehead atoms. The summed E-state index contributed by atoms with van der Waals surface area (Å²) >= 11 is 13.0. The first-order valence-electron chi connectivity index (χ1n) is 9.02. The van der Waals surface area contributed by atoms with Gasteiger partial charge < -0.3 is 14.2 Å². The van der Waals surface area contributed by atoms with Crippen LogP contribution in [0.3, 0.4) is 0 Å². The van der Waals surface area contributed by atoms with Crippen LogP contribution in [0, 0.1) is 12.3 Å². The third kappa shape index (κ3) is 5.44. The Morgan fingerprint density at radius 1 is 1.38 bits per heavy atom. The van der Waals surface area contributed by atoms with E-state index < -0.39 is 0 Å². The quantitative estimate of drug-likeness (QED) is 0.358. The first-order chi connectivity index (χ1) is 14.0. The summed E-state index contributed by atoms with van der Waals surface area (Å²) in [5.41, 5.74) is 0.716. The SMILES string of the molecule is C#CCOc1c(Cl)cc(C=C2SC(=S)N(CCN3CCOCC3)C2=O)cc1OC. The number of methoxy groups -OCH3 is 1. The largest absolute Gasteiger partial charge is 0.493 e. The number of hydrogen-bond acceptors (Lipinski definition) is 7. The van der Waals surface area contributed by atoms with Crippen LogP contribution in [0.5, 0.6) is 11.5 Å². The zero-order chi connectivity index (χ0) is 20.8. The molecule has 0 aromatic heterocycles. The van der Waals surface area contributed by atoms with Gasteiger partial charge in [0.15, 0.2) is 11.5 Å². The molecule has 0 atom stereocenters. The standard InChI is InChI=1S/C20H21ClN2O4S2/c1-3-8-27-18-15(21)11-14(12-16(18)25-2)13-17-19(24)23(20(28)29-17)5-4-22-6-9-26-10-7-22/h1,11-13H,4-10H2,2H3. The Kier molecular flexibility index (Phi) is 7.81. The fourth-order valence-electron chi connectivity index (χ4n) is 2.99. The lowest BCUT2D eigenvalue weighted by atomic mass is 10.1. The van der Waals surface area contributed by atoms with Crippen LogP contribution in [0.25, 0.3) is 6.08 Å². The lowest BCUT2D eigenvalue weighted by Crippen LogP contribution is -2.42. The highest BCUT2D eigenvalue weighted by molar-refractivity contribution is 8.26. The summed E-state index contributed by atoms with van der Waals surface area (Å²) in [6.45, 7) is 4.60. The molecule has 1 aromatic rings. The Balaban J connectivity index is 1.73. The minimum absolute atomic E-state index is 0.0806. The number of hydrogen-bond donors (Lipinski definition) is 0. The number of rotatable bonds is 7. The molecule has 9 heteroatoms. The lowest BCUT2D eigenvalue weighted by Gasteiger charge is -2.28. The van der Waals surface area contributed by atoms with Crippen molar-refractivity contribution >= 4 is 51.9 Å². The van der Waals surface area contributed by atoms with Crippen LogP contribution in [0.4, 0.5) is 0 Å². The molecule has 0 unspecified atom stereocenters. The van der Waals surface area contributed by atoms with Gasteiger partial charge in [0.2, 0.25) is 0 Å². The van der Waals surface area contributed by atoms with Crippen molar-refractivity contribution < 1.29 is 19.0 Å². The summed E-state index contributed by atoms with van der Waals surface area (Å²) in [5.74, 6) is 3.11. The number of amides is 1. The molecule has 1 amide bonds. The van der Waals surface area contributed by atoms with Gasteiger partial charge in [-0.05, 0) is 23.8 Å². The third-order valence-corrected chi connectivity index (χ3v) is 6.13. The van der Waals surface area contributed by atoms with Gasteiger partial charge in [0, 0.05) is 26.2 Å². The summed E-state index contributed by atoms with van der Waals surface area (Å²) in [5, 5.41) is 0.355. The monoisotopic (exact) mass is 452 g/mol. The van der Waals surface area contributed by atoms with E-state index in [9.17, 15) is 4.79 Å². The molecule has 2 aliphatic heterocycles. The molecule has 0 spiro atoms. The summed E-state index contributed by atoms with van der Waals surface area (Å²) in [7, 11) is 1.52. The predicted molar refractivity (Wildman–Crippen MR) is 119 cm³/mol. The second-order valence-electron chi connectivity index (χ2n) is 6.31. The minimum Gasteiger partial charge on any atom is -0.493 e. The zero-order valence-corrected chi connectivity index (χ0v) is 18.4. The minimum atomic E-state index is -0.101. The molecular weight excluding hydrogens is 432 g/mol. The van der Waals surface area contributed by atoms with Crippen molar-refractivity contribution in [1.82, 2.24) is 9.80 Å². The fourth-order valence-corrected chi connectivity index (χ4v) is 4.57. The molecule has 1 aromatic carbocycles. The van der Waals surface area contributed by atoms with Crippen molar-refractivity contribution in [2.24, 2.45) is 0 Å². The van der Waals surface area contributed by atoms with Gasteiger partial charge >= 0.3 is 0 Å². The van der Waals surface area contributed by atoms with Crippen LogP contribution in [-0.2, 0) is 9.53 Å². The molecule has 154 valence electrons. The van der Waals surface area contributed by atoms with Gasteiger partial charge in [0.25, 0.3) is 5.91 Å². The van der Waals surface area contributed by atoms with Gasteiger partial charge in [-0.15, -0.1) is 6.42 Å². The normalized spacial score (nSPS) is 18.9. The number of thioether (sulfide) groups is 1. The molecule has 29 heavy (non-hydrogen) atoms. The van der Waals surface area contributed by atoms with E-state index in [1.54, 1.807) is 23.1 Å². The Morgan fingerprint density at radius 3 is 2.83 bits per heavy atom. The molecule has 2 saturated heterocycles. The first kappa shape index (κ1) is 21.9. The second-order valence-corrected chi connectivity index (χ2v) is 8.40. The first-order valence-corrected chi connectivity index (χ1v) is 10.6. The summed E-state index contributed by atoms with van der Waals surface area (Å²) in [6.07, 6.45) is 6.99. The van der Waals surface area contributed by atoms with Crippen LogP contribution in [0.15, 0.2) is 17.0 Å². The smallest absolute Gasteiger partial charge is 0.266 e. The van der Waals surface area contributed by atoms with Gasteiger partial charge in [0.05, 0.1) is 30.3 Å². The molecule has 0 saturated carbocycles. The second kappa shape index (κ2) is 10.3. The Morgan fingerprint density at radius 2 is 2.14 bits per heavy atom. The number of carbonyl (C=O) groups excluding carboxylic acids is 1. The highest BCUT2D eigenvalue weighted by Crippen LogP contribution is 2.39. The topological polar surface area (TPSA) is 51.2 Å². The molecule has 2 heterocycles. The van der Waals surface area contributed by atoms with Crippen molar-refractivity contribution in [3.05, 3.63) is 27.6 Å². The fraction of sp³-hybridized carbons (Fsp3) is 0.400. The van der Waals surface area contributed by atoms with Crippen LogP contribution >= 0.6 is 35.6 Å². The lowest BCUT2D eigenvalue weighted by molar-refractivity contribution is -0.122. The maximum absolute atomic E-state index is 12.8. The molecule has 2 fully saturated rings. The number of carbonyl (C=O) groups is 1. The maximum Gasteiger partial charge on any atom is 0.266 e. The molecule has 0 aliphatic carbocycles. The van der Waals surface area contributed by atoms with Gasteiger partial charge in [-0.3, -0.25) is 14.6 Å². The Labute approximate surface area is 185 Å². The number of nitrogens with zero attached hydrogens (tertiary/aromatic N) is 2.